The van der Waals surface area contributed by atoms with Gasteiger partial charge in [-0.2, -0.15) is 17.5 Å². The molecule has 1 aliphatic rings. The molecule has 7 nitrogen and oxygen atoms in total. The van der Waals surface area contributed by atoms with Crippen LogP contribution in [0.4, 0.5) is 18.3 Å². The van der Waals surface area contributed by atoms with E-state index >= 15 is 0 Å². The lowest BCUT2D eigenvalue weighted by Gasteiger charge is -2.33. The van der Waals surface area contributed by atoms with Gasteiger partial charge in [0.15, 0.2) is 5.13 Å². The molecule has 0 spiro atoms. The van der Waals surface area contributed by atoms with E-state index in [9.17, 15) is 26.4 Å². The lowest BCUT2D eigenvalue weighted by molar-refractivity contribution is -0.137. The average molecular weight is 497 g/mol. The van der Waals surface area contributed by atoms with Gasteiger partial charge in [0, 0.05) is 31.1 Å². The van der Waals surface area contributed by atoms with Crippen LogP contribution >= 0.6 is 22.9 Å². The molecule has 2 aromatic rings. The van der Waals surface area contributed by atoms with Gasteiger partial charge in [0.2, 0.25) is 15.9 Å². The molecule has 31 heavy (non-hydrogen) atoms. The summed E-state index contributed by atoms with van der Waals surface area (Å²) in [6, 6.07) is 2.54. The number of aromatic nitrogens is 1. The van der Waals surface area contributed by atoms with Gasteiger partial charge in [0.1, 0.15) is 0 Å². The van der Waals surface area contributed by atoms with E-state index in [0.717, 1.165) is 27.0 Å². The predicted molar refractivity (Wildman–Crippen MR) is 112 cm³/mol. The van der Waals surface area contributed by atoms with Gasteiger partial charge in [0.25, 0.3) is 0 Å². The van der Waals surface area contributed by atoms with Gasteiger partial charge in [-0.1, -0.05) is 11.6 Å². The third-order valence-corrected chi connectivity index (χ3v) is 8.07. The number of carbonyl (C=O) groups excluding carboxylic acids is 1. The van der Waals surface area contributed by atoms with Crippen LogP contribution < -0.4 is 5.32 Å². The van der Waals surface area contributed by atoms with E-state index in [1.54, 1.807) is 4.90 Å². The maximum Gasteiger partial charge on any atom is 0.417 e. The van der Waals surface area contributed by atoms with Crippen LogP contribution in [-0.4, -0.2) is 61.2 Å². The van der Waals surface area contributed by atoms with Crippen molar-refractivity contribution in [3.05, 3.63) is 39.4 Å². The molecule has 1 aromatic carbocycles. The third-order valence-electron chi connectivity index (χ3n) is 4.85. The van der Waals surface area contributed by atoms with Crippen LogP contribution in [0.15, 0.2) is 23.1 Å². The van der Waals surface area contributed by atoms with Crippen molar-refractivity contribution in [1.29, 1.82) is 0 Å². The molecule has 0 unspecified atom stereocenters. The summed E-state index contributed by atoms with van der Waals surface area (Å²) in [7, 11) is -4.12. The fourth-order valence-corrected chi connectivity index (χ4v) is 5.55. The smallest absolute Gasteiger partial charge is 0.301 e. The minimum atomic E-state index is -4.76. The fraction of sp³-hybridized carbons (Fsp3) is 0.444. The molecule has 2 heterocycles. The Morgan fingerprint density at radius 1 is 1.23 bits per heavy atom. The van der Waals surface area contributed by atoms with Crippen molar-refractivity contribution in [3.63, 3.8) is 0 Å². The molecule has 0 atom stereocenters. The van der Waals surface area contributed by atoms with E-state index in [4.69, 9.17) is 11.6 Å². The molecule has 1 saturated heterocycles. The number of benzene rings is 1. The quantitative estimate of drug-likeness (QED) is 0.686. The molecule has 1 fully saturated rings. The number of carbonyl (C=O) groups is 1. The van der Waals surface area contributed by atoms with Crippen molar-refractivity contribution in [2.24, 2.45) is 0 Å². The molecule has 1 aromatic heterocycles. The van der Waals surface area contributed by atoms with Gasteiger partial charge in [0.05, 0.1) is 27.7 Å². The molecule has 3 rings (SSSR count). The number of piperazine rings is 1. The molecule has 0 saturated carbocycles. The Balaban J connectivity index is 1.61. The Morgan fingerprint density at radius 2 is 1.87 bits per heavy atom. The molecule has 1 amide bonds. The first-order valence-corrected chi connectivity index (χ1v) is 11.8. The molecule has 1 N–H and O–H groups in total. The summed E-state index contributed by atoms with van der Waals surface area (Å²) in [6.45, 7) is 4.44. The topological polar surface area (TPSA) is 82.6 Å². The van der Waals surface area contributed by atoms with Crippen molar-refractivity contribution < 1.29 is 26.4 Å². The number of nitrogens with one attached hydrogen (secondary N) is 1. The first-order chi connectivity index (χ1) is 14.4. The van der Waals surface area contributed by atoms with Crippen LogP contribution in [0.1, 0.15) is 16.1 Å². The van der Waals surface area contributed by atoms with E-state index in [2.05, 4.69) is 10.3 Å². The zero-order valence-electron chi connectivity index (χ0n) is 16.7. The van der Waals surface area contributed by atoms with Crippen molar-refractivity contribution in [3.8, 4) is 0 Å². The van der Waals surface area contributed by atoms with Crippen molar-refractivity contribution >= 4 is 44.0 Å². The van der Waals surface area contributed by atoms with Crippen LogP contribution in [0, 0.1) is 13.8 Å². The molecular formula is C18H20ClF3N4O3S2. The number of sulfonamides is 1. The van der Waals surface area contributed by atoms with Crippen molar-refractivity contribution in [1.82, 2.24) is 14.2 Å². The van der Waals surface area contributed by atoms with Crippen molar-refractivity contribution in [2.75, 3.05) is 38.0 Å². The highest BCUT2D eigenvalue weighted by Gasteiger charge is 2.36. The Bertz CT molecular complexity index is 1060. The number of hydrogen-bond acceptors (Lipinski definition) is 6. The summed E-state index contributed by atoms with van der Waals surface area (Å²) < 4.78 is 65.9. The lowest BCUT2D eigenvalue weighted by Crippen LogP contribution is -2.50. The van der Waals surface area contributed by atoms with Crippen LogP contribution in [0.2, 0.25) is 5.02 Å². The lowest BCUT2D eigenvalue weighted by atomic mass is 10.2. The number of alkyl halides is 3. The molecule has 1 aliphatic heterocycles. The van der Waals surface area contributed by atoms with Gasteiger partial charge in [-0.25, -0.2) is 13.4 Å². The highest BCUT2D eigenvalue weighted by atomic mass is 35.5. The van der Waals surface area contributed by atoms with Crippen LogP contribution in [0.25, 0.3) is 0 Å². The number of rotatable bonds is 5. The summed E-state index contributed by atoms with van der Waals surface area (Å²) >= 11 is 6.95. The summed E-state index contributed by atoms with van der Waals surface area (Å²) in [5.74, 6) is -0.266. The summed E-state index contributed by atoms with van der Waals surface area (Å²) in [6.07, 6.45) is -4.76. The Kier molecular flexibility index (Phi) is 6.96. The first kappa shape index (κ1) is 23.9. The van der Waals surface area contributed by atoms with Gasteiger partial charge in [-0.3, -0.25) is 9.69 Å². The highest BCUT2D eigenvalue weighted by Crippen LogP contribution is 2.36. The second-order valence-electron chi connectivity index (χ2n) is 7.03. The second kappa shape index (κ2) is 9.02. The Hall–Kier alpha value is -1.73. The van der Waals surface area contributed by atoms with Crippen molar-refractivity contribution in [2.45, 2.75) is 24.9 Å². The largest absolute Gasteiger partial charge is 0.417 e. The molecule has 0 aliphatic carbocycles. The number of aryl methyl sites for hydroxylation is 2. The molecular weight excluding hydrogens is 477 g/mol. The maximum absolute atomic E-state index is 13.1. The fourth-order valence-electron chi connectivity index (χ4n) is 3.05. The number of nitrogens with zero attached hydrogens (tertiary/aromatic N) is 3. The van der Waals surface area contributed by atoms with E-state index in [1.807, 2.05) is 13.8 Å². The van der Waals surface area contributed by atoms with E-state index in [-0.39, 0.29) is 38.6 Å². The minimum absolute atomic E-state index is 0.0507. The molecule has 13 heteroatoms. The second-order valence-corrected chi connectivity index (χ2v) is 10.6. The average Bonchev–Trinajstić information content (AvgIpc) is 2.98. The minimum Gasteiger partial charge on any atom is -0.301 e. The summed E-state index contributed by atoms with van der Waals surface area (Å²) in [5.41, 5.74) is -0.354. The normalized spacial score (nSPS) is 16.5. The summed E-state index contributed by atoms with van der Waals surface area (Å²) in [5, 5.41) is 2.66. The van der Waals surface area contributed by atoms with Gasteiger partial charge in [-0.05, 0) is 32.0 Å². The summed E-state index contributed by atoms with van der Waals surface area (Å²) in [4.78, 5) is 18.8. The van der Waals surface area contributed by atoms with Gasteiger partial charge >= 0.3 is 6.18 Å². The Labute approximate surface area is 186 Å². The Morgan fingerprint density at radius 3 is 2.42 bits per heavy atom. The standard InChI is InChI=1S/C18H20ClF3N4O3S2/c1-11-12(2)30-17(23-11)24-16(27)10-25-5-7-26(8-6-25)31(28,29)13-3-4-15(19)14(9-13)18(20,21)22/h3-4,9H,5-8,10H2,1-2H3,(H,23,24,27). The highest BCUT2D eigenvalue weighted by molar-refractivity contribution is 7.89. The number of thiazole rings is 1. The zero-order chi connectivity index (χ0) is 23.0. The third kappa shape index (κ3) is 5.55. The zero-order valence-corrected chi connectivity index (χ0v) is 19.1. The van der Waals surface area contributed by atoms with Gasteiger partial charge in [-0.15, -0.1) is 11.3 Å². The van der Waals surface area contributed by atoms with E-state index in [0.29, 0.717) is 11.2 Å². The van der Waals surface area contributed by atoms with Crippen LogP contribution in [0.3, 0.4) is 0 Å². The molecule has 0 bridgehead atoms. The SMILES string of the molecule is Cc1nc(NC(=O)CN2CCN(S(=O)(=O)c3ccc(Cl)c(C(F)(F)F)c3)CC2)sc1C. The van der Waals surface area contributed by atoms with Crippen LogP contribution in [-0.2, 0) is 21.0 Å². The monoisotopic (exact) mass is 496 g/mol. The van der Waals surface area contributed by atoms with Gasteiger partial charge < -0.3 is 5.32 Å². The molecule has 170 valence electrons. The number of hydrogen-bond donors (Lipinski definition) is 1. The van der Waals surface area contributed by atoms with E-state index in [1.165, 1.54) is 11.3 Å². The predicted octanol–water partition coefficient (Wildman–Crippen LogP) is 3.38. The van der Waals surface area contributed by atoms with Crippen LogP contribution in [0.5, 0.6) is 0 Å². The maximum atomic E-state index is 13.1. The number of amides is 1. The number of anilines is 1. The first-order valence-electron chi connectivity index (χ1n) is 9.21. The number of halogens is 4. The molecule has 0 radical (unpaired) electrons. The van der Waals surface area contributed by atoms with E-state index < -0.39 is 31.7 Å².